The lowest BCUT2D eigenvalue weighted by molar-refractivity contribution is -0.124. The van der Waals surface area contributed by atoms with E-state index in [4.69, 9.17) is 4.74 Å². The van der Waals surface area contributed by atoms with Gasteiger partial charge in [0, 0.05) is 35.9 Å². The van der Waals surface area contributed by atoms with Crippen LogP contribution in [0.2, 0.25) is 0 Å². The van der Waals surface area contributed by atoms with E-state index in [1.807, 2.05) is 6.92 Å². The van der Waals surface area contributed by atoms with Crippen LogP contribution in [0.25, 0.3) is 0 Å². The van der Waals surface area contributed by atoms with Gasteiger partial charge in [-0.05, 0) is 44.4 Å². The summed E-state index contributed by atoms with van der Waals surface area (Å²) in [5.41, 5.74) is 2.91. The average Bonchev–Trinajstić information content (AvgIpc) is 3.39. The Bertz CT molecular complexity index is 1130. The molecular weight excluding hydrogens is 466 g/mol. The SMILES string of the molecule is Cc1scnc1C(=O)NC(C(=O)Nc1cc2c(cn1)C1(CCOCC1)C(=O)N2)C1CCC(C)CC1. The molecule has 3 amide bonds. The number of hydrogen-bond acceptors (Lipinski definition) is 7. The minimum atomic E-state index is -0.692. The van der Waals surface area contributed by atoms with Crippen LogP contribution in [-0.4, -0.2) is 46.9 Å². The summed E-state index contributed by atoms with van der Waals surface area (Å²) < 4.78 is 5.46. The smallest absolute Gasteiger partial charge is 0.271 e. The Kier molecular flexibility index (Phi) is 6.59. The van der Waals surface area contributed by atoms with Crippen molar-refractivity contribution in [1.82, 2.24) is 15.3 Å². The van der Waals surface area contributed by atoms with Crippen molar-refractivity contribution >= 4 is 40.6 Å². The van der Waals surface area contributed by atoms with Crippen LogP contribution in [0, 0.1) is 18.8 Å². The Morgan fingerprint density at radius 2 is 1.94 bits per heavy atom. The predicted molar refractivity (Wildman–Crippen MR) is 132 cm³/mol. The fourth-order valence-corrected chi connectivity index (χ4v) is 6.12. The Morgan fingerprint density at radius 1 is 1.20 bits per heavy atom. The Balaban J connectivity index is 1.35. The molecule has 1 atom stereocenters. The van der Waals surface area contributed by atoms with Gasteiger partial charge in [0.05, 0.1) is 16.6 Å². The fourth-order valence-electron chi connectivity index (χ4n) is 5.54. The number of thiazole rings is 1. The Labute approximate surface area is 208 Å². The second kappa shape index (κ2) is 9.66. The molecule has 9 nitrogen and oxygen atoms in total. The lowest BCUT2D eigenvalue weighted by Gasteiger charge is -2.32. The number of anilines is 2. The minimum Gasteiger partial charge on any atom is -0.381 e. The van der Waals surface area contributed by atoms with Gasteiger partial charge in [-0.3, -0.25) is 14.4 Å². The summed E-state index contributed by atoms with van der Waals surface area (Å²) in [6.07, 6.45) is 6.70. The van der Waals surface area contributed by atoms with Gasteiger partial charge in [-0.15, -0.1) is 11.3 Å². The molecule has 0 bridgehead atoms. The molecule has 4 heterocycles. The molecule has 5 rings (SSSR count). The zero-order valence-corrected chi connectivity index (χ0v) is 20.9. The number of carbonyl (C=O) groups is 3. The van der Waals surface area contributed by atoms with Gasteiger partial charge in [-0.25, -0.2) is 9.97 Å². The fraction of sp³-hybridized carbons (Fsp3) is 0.560. The van der Waals surface area contributed by atoms with E-state index < -0.39 is 11.5 Å². The normalized spacial score (nSPS) is 23.9. The van der Waals surface area contributed by atoms with Crippen molar-refractivity contribution in [3.8, 4) is 0 Å². The van der Waals surface area contributed by atoms with Gasteiger partial charge in [0.2, 0.25) is 11.8 Å². The molecule has 2 aromatic rings. The van der Waals surface area contributed by atoms with E-state index in [1.54, 1.807) is 17.8 Å². The van der Waals surface area contributed by atoms with Crippen LogP contribution >= 0.6 is 11.3 Å². The van der Waals surface area contributed by atoms with Gasteiger partial charge in [0.15, 0.2) is 0 Å². The third kappa shape index (κ3) is 4.56. The van der Waals surface area contributed by atoms with Crippen molar-refractivity contribution in [3.63, 3.8) is 0 Å². The second-order valence-corrected chi connectivity index (χ2v) is 11.0. The van der Waals surface area contributed by atoms with Crippen LogP contribution in [0.15, 0.2) is 17.8 Å². The monoisotopic (exact) mass is 497 g/mol. The summed E-state index contributed by atoms with van der Waals surface area (Å²) in [5, 5.41) is 8.81. The van der Waals surface area contributed by atoms with Gasteiger partial charge in [0.25, 0.3) is 5.91 Å². The summed E-state index contributed by atoms with van der Waals surface area (Å²) in [5.74, 6) is 0.328. The van der Waals surface area contributed by atoms with Crippen molar-refractivity contribution in [1.29, 1.82) is 0 Å². The number of aromatic nitrogens is 2. The van der Waals surface area contributed by atoms with E-state index in [0.29, 0.717) is 49.2 Å². The highest BCUT2D eigenvalue weighted by atomic mass is 32.1. The maximum atomic E-state index is 13.5. The topological polar surface area (TPSA) is 122 Å². The highest BCUT2D eigenvalue weighted by Gasteiger charge is 2.48. The third-order valence-corrected chi connectivity index (χ3v) is 8.52. The first kappa shape index (κ1) is 23.9. The molecule has 186 valence electrons. The van der Waals surface area contributed by atoms with Crippen LogP contribution in [0.1, 0.15) is 66.4 Å². The third-order valence-electron chi connectivity index (χ3n) is 7.76. The van der Waals surface area contributed by atoms with E-state index in [9.17, 15) is 14.4 Å². The maximum Gasteiger partial charge on any atom is 0.271 e. The van der Waals surface area contributed by atoms with Gasteiger partial charge >= 0.3 is 0 Å². The number of nitrogens with one attached hydrogen (secondary N) is 3. The van der Waals surface area contributed by atoms with Gasteiger partial charge in [-0.2, -0.15) is 0 Å². The van der Waals surface area contributed by atoms with Crippen LogP contribution in [0.3, 0.4) is 0 Å². The van der Waals surface area contributed by atoms with Crippen LogP contribution < -0.4 is 16.0 Å². The molecule has 35 heavy (non-hydrogen) atoms. The molecule has 1 aliphatic carbocycles. The van der Waals surface area contributed by atoms with Gasteiger partial charge in [0.1, 0.15) is 17.6 Å². The lowest BCUT2D eigenvalue weighted by Crippen LogP contribution is -2.49. The Hall–Kier alpha value is -2.85. The van der Waals surface area contributed by atoms with Crippen LogP contribution in [-0.2, 0) is 19.7 Å². The minimum absolute atomic E-state index is 0.0359. The number of hydrogen-bond donors (Lipinski definition) is 3. The molecule has 1 spiro atoms. The quantitative estimate of drug-likeness (QED) is 0.582. The first-order valence-electron chi connectivity index (χ1n) is 12.3. The highest BCUT2D eigenvalue weighted by Crippen LogP contribution is 2.44. The highest BCUT2D eigenvalue weighted by molar-refractivity contribution is 7.09. The molecule has 0 radical (unpaired) electrons. The van der Waals surface area contributed by atoms with Crippen molar-refractivity contribution in [3.05, 3.63) is 33.9 Å². The number of pyridine rings is 1. The molecule has 0 aromatic carbocycles. The lowest BCUT2D eigenvalue weighted by atomic mass is 9.76. The van der Waals surface area contributed by atoms with Crippen LogP contribution in [0.4, 0.5) is 11.5 Å². The van der Waals surface area contributed by atoms with E-state index in [2.05, 4.69) is 32.8 Å². The summed E-state index contributed by atoms with van der Waals surface area (Å²) in [7, 11) is 0. The molecule has 10 heteroatoms. The first-order valence-corrected chi connectivity index (χ1v) is 13.2. The number of nitrogens with zero attached hydrogens (tertiary/aromatic N) is 2. The van der Waals surface area contributed by atoms with E-state index in [0.717, 1.165) is 36.1 Å². The van der Waals surface area contributed by atoms with Crippen molar-refractivity contribution in [2.45, 2.75) is 63.8 Å². The van der Waals surface area contributed by atoms with E-state index in [1.165, 1.54) is 11.3 Å². The van der Waals surface area contributed by atoms with Crippen LogP contribution in [0.5, 0.6) is 0 Å². The average molecular weight is 498 g/mol. The number of rotatable bonds is 5. The maximum absolute atomic E-state index is 13.5. The van der Waals surface area contributed by atoms with Crippen molar-refractivity contribution in [2.24, 2.45) is 11.8 Å². The predicted octanol–water partition coefficient (Wildman–Crippen LogP) is 3.41. The zero-order valence-electron chi connectivity index (χ0n) is 20.1. The van der Waals surface area contributed by atoms with Gasteiger partial charge in [-0.1, -0.05) is 19.8 Å². The molecule has 2 fully saturated rings. The molecule has 1 saturated carbocycles. The molecule has 3 aliphatic rings. The van der Waals surface area contributed by atoms with Crippen molar-refractivity contribution in [2.75, 3.05) is 23.8 Å². The van der Waals surface area contributed by atoms with E-state index in [-0.39, 0.29) is 23.6 Å². The summed E-state index contributed by atoms with van der Waals surface area (Å²) in [6, 6.07) is 1.02. The summed E-state index contributed by atoms with van der Waals surface area (Å²) >= 11 is 1.40. The second-order valence-electron chi connectivity index (χ2n) is 9.98. The Morgan fingerprint density at radius 3 is 2.63 bits per heavy atom. The van der Waals surface area contributed by atoms with Crippen molar-refractivity contribution < 1.29 is 19.1 Å². The number of amides is 3. The summed E-state index contributed by atoms with van der Waals surface area (Å²) in [4.78, 5) is 48.7. The van der Waals surface area contributed by atoms with Gasteiger partial charge < -0.3 is 20.7 Å². The zero-order chi connectivity index (χ0) is 24.6. The number of aryl methyl sites for hydroxylation is 1. The van der Waals surface area contributed by atoms with E-state index >= 15 is 0 Å². The molecule has 2 aromatic heterocycles. The largest absolute Gasteiger partial charge is 0.381 e. The first-order chi connectivity index (χ1) is 16.9. The molecular formula is C25H31N5O4S. The molecule has 1 unspecified atom stereocenters. The number of fused-ring (bicyclic) bond motifs is 2. The number of carbonyl (C=O) groups excluding carboxylic acids is 3. The number of ether oxygens (including phenoxy) is 1. The summed E-state index contributed by atoms with van der Waals surface area (Å²) in [6.45, 7) is 5.13. The molecule has 3 N–H and O–H groups in total. The molecule has 1 saturated heterocycles. The standard InChI is InChI=1S/C25H31N5O4S/c1-14-3-5-16(6-4-14)21(30-22(31)20-15(2)35-13-27-20)23(32)29-19-11-18-17(12-26-19)25(24(33)28-18)7-9-34-10-8-25/h11-14,16,21H,3-10H2,1-2H3,(H,28,33)(H,30,31)(H,26,29,32). The molecule has 2 aliphatic heterocycles.